The molecule has 0 saturated carbocycles. The fourth-order valence-electron chi connectivity index (χ4n) is 3.81. The second-order valence-corrected chi connectivity index (χ2v) is 7.74. The molecule has 155 valence electrons. The standard InChI is InChI=1S/C28H28N.Ir/c1-2-3-4-5-6-10-22-15-17-23(18-16-22)25-12-9-13-26(21-25)28-20-19-24-11-7-8-14-27(24)29-28;/h7-9,11-12,14-21H,2-6,10H2,1H3;/q-1;. The minimum absolute atomic E-state index is 0. The Morgan fingerprint density at radius 3 is 2.40 bits per heavy atom. The summed E-state index contributed by atoms with van der Waals surface area (Å²) in [6.07, 6.45) is 7.83. The largest absolute Gasteiger partial charge is 0.296 e. The second-order valence-electron chi connectivity index (χ2n) is 7.74. The molecule has 0 aliphatic rings. The summed E-state index contributed by atoms with van der Waals surface area (Å²) in [6.45, 7) is 2.27. The van der Waals surface area contributed by atoms with Gasteiger partial charge in [0.15, 0.2) is 0 Å². The van der Waals surface area contributed by atoms with E-state index in [1.54, 1.807) is 0 Å². The summed E-state index contributed by atoms with van der Waals surface area (Å²) in [5, 5.41) is 1.16. The van der Waals surface area contributed by atoms with Crippen LogP contribution in [0.15, 0.2) is 78.9 Å². The van der Waals surface area contributed by atoms with Crippen molar-refractivity contribution >= 4 is 10.9 Å². The minimum atomic E-state index is 0. The third kappa shape index (κ3) is 5.65. The van der Waals surface area contributed by atoms with Crippen molar-refractivity contribution in [1.82, 2.24) is 4.98 Å². The fraction of sp³-hybridized carbons (Fsp3) is 0.250. The van der Waals surface area contributed by atoms with Crippen LogP contribution in [-0.2, 0) is 26.5 Å². The maximum absolute atomic E-state index is 4.82. The van der Waals surface area contributed by atoms with Crippen LogP contribution in [0.5, 0.6) is 0 Å². The molecular formula is C28H28IrN-. The number of nitrogens with zero attached hydrogens (tertiary/aromatic N) is 1. The van der Waals surface area contributed by atoms with Gasteiger partial charge in [-0.25, -0.2) is 0 Å². The monoisotopic (exact) mass is 571 g/mol. The molecule has 0 amide bonds. The molecule has 0 aliphatic heterocycles. The molecule has 0 unspecified atom stereocenters. The van der Waals surface area contributed by atoms with E-state index in [4.69, 9.17) is 4.98 Å². The quantitative estimate of drug-likeness (QED) is 0.155. The molecule has 0 aliphatic carbocycles. The zero-order chi connectivity index (χ0) is 19.9. The molecule has 2 heteroatoms. The SMILES string of the molecule is CCCCCCCc1ccc(-c2cc[c-]c(-c3ccc4ccccc4n3)c2)cc1.[Ir]. The van der Waals surface area contributed by atoms with Crippen LogP contribution < -0.4 is 0 Å². The van der Waals surface area contributed by atoms with E-state index < -0.39 is 0 Å². The van der Waals surface area contributed by atoms with Crippen LogP contribution in [0.25, 0.3) is 33.3 Å². The third-order valence-electron chi connectivity index (χ3n) is 5.53. The first-order chi connectivity index (χ1) is 14.3. The maximum Gasteiger partial charge on any atom is 0.0595 e. The Balaban J connectivity index is 0.00000256. The van der Waals surface area contributed by atoms with Crippen LogP contribution in [0.1, 0.15) is 44.6 Å². The van der Waals surface area contributed by atoms with E-state index in [-0.39, 0.29) is 20.1 Å². The van der Waals surface area contributed by atoms with Crippen molar-refractivity contribution in [3.63, 3.8) is 0 Å². The second kappa shape index (κ2) is 11.2. The number of rotatable bonds is 8. The van der Waals surface area contributed by atoms with E-state index in [2.05, 4.69) is 73.7 Å². The Morgan fingerprint density at radius 2 is 1.57 bits per heavy atom. The van der Waals surface area contributed by atoms with Crippen LogP contribution in [0, 0.1) is 6.07 Å². The van der Waals surface area contributed by atoms with Crippen molar-refractivity contribution in [2.75, 3.05) is 0 Å². The van der Waals surface area contributed by atoms with Crippen molar-refractivity contribution < 1.29 is 20.1 Å². The summed E-state index contributed by atoms with van der Waals surface area (Å²) in [5.74, 6) is 0. The maximum atomic E-state index is 4.82. The molecule has 3 aromatic carbocycles. The Labute approximate surface area is 193 Å². The van der Waals surface area contributed by atoms with Crippen molar-refractivity contribution in [3.8, 4) is 22.4 Å². The molecule has 1 radical (unpaired) electrons. The molecule has 0 saturated heterocycles. The van der Waals surface area contributed by atoms with Crippen molar-refractivity contribution in [2.45, 2.75) is 45.4 Å². The molecule has 4 aromatic rings. The molecule has 1 heterocycles. The molecular weight excluding hydrogens is 543 g/mol. The van der Waals surface area contributed by atoms with Gasteiger partial charge < -0.3 is 0 Å². The number of fused-ring (bicyclic) bond motifs is 1. The van der Waals surface area contributed by atoms with Crippen molar-refractivity contribution in [3.05, 3.63) is 90.5 Å². The Bertz CT molecular complexity index is 1070. The average molecular weight is 571 g/mol. The van der Waals surface area contributed by atoms with Crippen LogP contribution in [0.3, 0.4) is 0 Å². The number of para-hydroxylation sites is 1. The molecule has 0 atom stereocenters. The number of aryl methyl sites for hydroxylation is 1. The van der Waals surface area contributed by atoms with E-state index in [1.807, 2.05) is 18.2 Å². The Morgan fingerprint density at radius 1 is 0.767 bits per heavy atom. The molecule has 1 aromatic heterocycles. The van der Waals surface area contributed by atoms with Gasteiger partial charge in [-0.05, 0) is 41.1 Å². The molecule has 30 heavy (non-hydrogen) atoms. The molecule has 0 spiro atoms. The number of hydrogen-bond donors (Lipinski definition) is 0. The topological polar surface area (TPSA) is 12.9 Å². The van der Waals surface area contributed by atoms with Gasteiger partial charge in [-0.2, -0.15) is 0 Å². The van der Waals surface area contributed by atoms with Gasteiger partial charge >= 0.3 is 0 Å². The number of unbranched alkanes of at least 4 members (excludes halogenated alkanes) is 4. The number of benzene rings is 3. The van der Waals surface area contributed by atoms with Crippen LogP contribution in [-0.4, -0.2) is 4.98 Å². The predicted molar refractivity (Wildman–Crippen MR) is 124 cm³/mol. The van der Waals surface area contributed by atoms with E-state index in [0.717, 1.165) is 22.2 Å². The number of aromatic nitrogens is 1. The molecule has 1 nitrogen and oxygen atoms in total. The number of hydrogen-bond acceptors (Lipinski definition) is 1. The van der Waals surface area contributed by atoms with Gasteiger partial charge in [0.2, 0.25) is 0 Å². The molecule has 0 fully saturated rings. The Hall–Kier alpha value is -2.28. The van der Waals surface area contributed by atoms with E-state index in [0.29, 0.717) is 0 Å². The molecule has 0 N–H and O–H groups in total. The van der Waals surface area contributed by atoms with Gasteiger partial charge in [0, 0.05) is 20.1 Å². The average Bonchev–Trinajstić information content (AvgIpc) is 2.79. The first-order valence-corrected chi connectivity index (χ1v) is 10.8. The molecule has 0 bridgehead atoms. The van der Waals surface area contributed by atoms with E-state index in [1.165, 1.54) is 55.2 Å². The zero-order valence-electron chi connectivity index (χ0n) is 17.5. The summed E-state index contributed by atoms with van der Waals surface area (Å²) in [6, 6.07) is 31.2. The first kappa shape index (κ1) is 22.4. The third-order valence-corrected chi connectivity index (χ3v) is 5.53. The molecule has 4 rings (SSSR count). The minimum Gasteiger partial charge on any atom is -0.296 e. The van der Waals surface area contributed by atoms with Gasteiger partial charge in [-0.1, -0.05) is 87.2 Å². The summed E-state index contributed by atoms with van der Waals surface area (Å²) < 4.78 is 0. The van der Waals surface area contributed by atoms with E-state index in [9.17, 15) is 0 Å². The smallest absolute Gasteiger partial charge is 0.0595 e. The fourth-order valence-corrected chi connectivity index (χ4v) is 3.81. The number of pyridine rings is 1. The van der Waals surface area contributed by atoms with E-state index >= 15 is 0 Å². The van der Waals surface area contributed by atoms with Gasteiger partial charge in [0.25, 0.3) is 0 Å². The zero-order valence-corrected chi connectivity index (χ0v) is 19.9. The van der Waals surface area contributed by atoms with Crippen LogP contribution in [0.4, 0.5) is 0 Å². The van der Waals surface area contributed by atoms with Gasteiger partial charge in [-0.15, -0.1) is 35.4 Å². The summed E-state index contributed by atoms with van der Waals surface area (Å²) in [5.41, 5.74) is 6.91. The Kier molecular flexibility index (Phi) is 8.37. The van der Waals surface area contributed by atoms with Crippen LogP contribution >= 0.6 is 0 Å². The predicted octanol–water partition coefficient (Wildman–Crippen LogP) is 7.88. The van der Waals surface area contributed by atoms with Crippen LogP contribution in [0.2, 0.25) is 0 Å². The van der Waals surface area contributed by atoms with Gasteiger partial charge in [0.1, 0.15) is 0 Å². The van der Waals surface area contributed by atoms with Crippen molar-refractivity contribution in [1.29, 1.82) is 0 Å². The summed E-state index contributed by atoms with van der Waals surface area (Å²) in [4.78, 5) is 4.82. The van der Waals surface area contributed by atoms with Gasteiger partial charge in [0.05, 0.1) is 5.52 Å². The summed E-state index contributed by atoms with van der Waals surface area (Å²) in [7, 11) is 0. The van der Waals surface area contributed by atoms with Gasteiger partial charge in [-0.3, -0.25) is 4.98 Å². The normalized spacial score (nSPS) is 10.7. The summed E-state index contributed by atoms with van der Waals surface area (Å²) >= 11 is 0. The first-order valence-electron chi connectivity index (χ1n) is 10.8. The van der Waals surface area contributed by atoms with Crippen molar-refractivity contribution in [2.24, 2.45) is 0 Å².